The molecule has 1 heterocycles. The van der Waals surface area contributed by atoms with Gasteiger partial charge in [0, 0.05) is 25.2 Å². The van der Waals surface area contributed by atoms with Gasteiger partial charge in [0.2, 0.25) is 0 Å². The summed E-state index contributed by atoms with van der Waals surface area (Å²) in [6.07, 6.45) is 3.49. The van der Waals surface area contributed by atoms with Gasteiger partial charge in [-0.3, -0.25) is 0 Å². The summed E-state index contributed by atoms with van der Waals surface area (Å²) in [5.74, 6) is 1.46. The maximum atomic E-state index is 6.29. The largest absolute Gasteiger partial charge is 0.495 e. The Morgan fingerprint density at radius 1 is 1.29 bits per heavy atom. The molecule has 1 fully saturated rings. The fraction of sp³-hybridized carbons (Fsp3) is 0.625. The molecular formula is C16H25ClN2O2. The molecule has 118 valence electrons. The second-order valence-corrected chi connectivity index (χ2v) is 5.81. The minimum absolute atomic E-state index is 0.517. The molecule has 1 atom stereocenters. The molecule has 0 radical (unpaired) electrons. The third kappa shape index (κ3) is 3.95. The average molecular weight is 313 g/mol. The van der Waals surface area contributed by atoms with E-state index in [9.17, 15) is 0 Å². The predicted molar refractivity (Wildman–Crippen MR) is 88.1 cm³/mol. The highest BCUT2D eigenvalue weighted by Crippen LogP contribution is 2.38. The molecule has 0 amide bonds. The number of benzene rings is 1. The molecule has 1 N–H and O–H groups in total. The summed E-state index contributed by atoms with van der Waals surface area (Å²) in [6.45, 7) is 5.27. The van der Waals surface area contributed by atoms with E-state index in [0.717, 1.165) is 37.5 Å². The second-order valence-electron chi connectivity index (χ2n) is 5.40. The number of ether oxygens (including phenoxy) is 2. The third-order valence-electron chi connectivity index (χ3n) is 3.91. The highest BCUT2D eigenvalue weighted by molar-refractivity contribution is 6.32. The molecule has 1 aromatic rings. The van der Waals surface area contributed by atoms with E-state index in [2.05, 4.69) is 17.1 Å². The quantitative estimate of drug-likeness (QED) is 0.904. The van der Waals surface area contributed by atoms with Gasteiger partial charge in [0.25, 0.3) is 0 Å². The van der Waals surface area contributed by atoms with Crippen molar-refractivity contribution in [1.29, 1.82) is 0 Å². The SMILES string of the molecule is CCCC1CN(c2cc(Cl)c(OC)cc2OC)CCCN1. The van der Waals surface area contributed by atoms with E-state index < -0.39 is 0 Å². The Bertz CT molecular complexity index is 468. The van der Waals surface area contributed by atoms with Crippen LogP contribution in [0.3, 0.4) is 0 Å². The summed E-state index contributed by atoms with van der Waals surface area (Å²) in [4.78, 5) is 2.37. The first-order chi connectivity index (χ1) is 10.2. The van der Waals surface area contributed by atoms with Gasteiger partial charge in [0.1, 0.15) is 11.5 Å². The Labute approximate surface area is 132 Å². The van der Waals surface area contributed by atoms with Crippen molar-refractivity contribution in [3.8, 4) is 11.5 Å². The maximum absolute atomic E-state index is 6.29. The fourth-order valence-electron chi connectivity index (χ4n) is 2.85. The highest BCUT2D eigenvalue weighted by atomic mass is 35.5. The Balaban J connectivity index is 2.28. The van der Waals surface area contributed by atoms with E-state index in [-0.39, 0.29) is 0 Å². The van der Waals surface area contributed by atoms with E-state index in [1.165, 1.54) is 12.8 Å². The highest BCUT2D eigenvalue weighted by Gasteiger charge is 2.21. The monoisotopic (exact) mass is 312 g/mol. The van der Waals surface area contributed by atoms with Crippen LogP contribution < -0.4 is 19.7 Å². The zero-order valence-electron chi connectivity index (χ0n) is 13.1. The van der Waals surface area contributed by atoms with Crippen molar-refractivity contribution in [2.24, 2.45) is 0 Å². The lowest BCUT2D eigenvalue weighted by atomic mass is 10.1. The van der Waals surface area contributed by atoms with Gasteiger partial charge in [-0.2, -0.15) is 0 Å². The number of halogens is 1. The smallest absolute Gasteiger partial charge is 0.145 e. The summed E-state index contributed by atoms with van der Waals surface area (Å²) in [7, 11) is 3.30. The van der Waals surface area contributed by atoms with Crippen LogP contribution in [0.4, 0.5) is 5.69 Å². The molecular weight excluding hydrogens is 288 g/mol. The van der Waals surface area contributed by atoms with Gasteiger partial charge in [-0.15, -0.1) is 0 Å². The number of methoxy groups -OCH3 is 2. The van der Waals surface area contributed by atoms with Crippen LogP contribution in [0.2, 0.25) is 5.02 Å². The van der Waals surface area contributed by atoms with Crippen molar-refractivity contribution < 1.29 is 9.47 Å². The van der Waals surface area contributed by atoms with Crippen LogP contribution >= 0.6 is 11.6 Å². The second kappa shape index (κ2) is 7.76. The van der Waals surface area contributed by atoms with Crippen molar-refractivity contribution in [3.05, 3.63) is 17.2 Å². The zero-order valence-corrected chi connectivity index (χ0v) is 13.9. The number of anilines is 1. The van der Waals surface area contributed by atoms with E-state index >= 15 is 0 Å². The van der Waals surface area contributed by atoms with Crippen LogP contribution in [0, 0.1) is 0 Å². The molecule has 0 saturated carbocycles. The lowest BCUT2D eigenvalue weighted by molar-refractivity contribution is 0.394. The van der Waals surface area contributed by atoms with Crippen molar-refractivity contribution in [2.45, 2.75) is 32.2 Å². The van der Waals surface area contributed by atoms with E-state index in [0.29, 0.717) is 16.8 Å². The van der Waals surface area contributed by atoms with E-state index in [1.54, 1.807) is 14.2 Å². The molecule has 1 aromatic carbocycles. The normalized spacial score (nSPS) is 19.2. The molecule has 0 aliphatic carbocycles. The van der Waals surface area contributed by atoms with Crippen molar-refractivity contribution in [2.75, 3.05) is 38.8 Å². The molecule has 2 rings (SSSR count). The number of hydrogen-bond acceptors (Lipinski definition) is 4. The zero-order chi connectivity index (χ0) is 15.2. The fourth-order valence-corrected chi connectivity index (χ4v) is 3.08. The molecule has 1 unspecified atom stereocenters. The molecule has 0 aromatic heterocycles. The van der Waals surface area contributed by atoms with Gasteiger partial charge in [0.05, 0.1) is 24.9 Å². The first-order valence-electron chi connectivity index (χ1n) is 7.59. The third-order valence-corrected chi connectivity index (χ3v) is 4.21. The lowest BCUT2D eigenvalue weighted by Gasteiger charge is -2.28. The molecule has 0 spiro atoms. The Morgan fingerprint density at radius 2 is 2.05 bits per heavy atom. The van der Waals surface area contributed by atoms with Gasteiger partial charge in [-0.1, -0.05) is 24.9 Å². The van der Waals surface area contributed by atoms with Crippen LogP contribution in [-0.2, 0) is 0 Å². The Kier molecular flexibility index (Phi) is 6.00. The average Bonchev–Trinajstić information content (AvgIpc) is 2.73. The van der Waals surface area contributed by atoms with Crippen LogP contribution in [0.5, 0.6) is 11.5 Å². The first kappa shape index (κ1) is 16.2. The number of rotatable bonds is 5. The minimum Gasteiger partial charge on any atom is -0.495 e. The lowest BCUT2D eigenvalue weighted by Crippen LogP contribution is -2.37. The molecule has 1 aliphatic rings. The van der Waals surface area contributed by atoms with Gasteiger partial charge in [-0.05, 0) is 25.5 Å². The van der Waals surface area contributed by atoms with Crippen LogP contribution in [0.25, 0.3) is 0 Å². The maximum Gasteiger partial charge on any atom is 0.145 e. The molecule has 21 heavy (non-hydrogen) atoms. The molecule has 5 heteroatoms. The van der Waals surface area contributed by atoms with Crippen LogP contribution in [-0.4, -0.2) is 39.9 Å². The topological polar surface area (TPSA) is 33.7 Å². The summed E-state index contributed by atoms with van der Waals surface area (Å²) in [6, 6.07) is 4.33. The number of hydrogen-bond donors (Lipinski definition) is 1. The van der Waals surface area contributed by atoms with Crippen molar-refractivity contribution in [3.63, 3.8) is 0 Å². The summed E-state index contributed by atoms with van der Waals surface area (Å²) >= 11 is 6.29. The minimum atomic E-state index is 0.517. The Hall–Kier alpha value is -1.13. The van der Waals surface area contributed by atoms with Gasteiger partial charge < -0.3 is 19.7 Å². The van der Waals surface area contributed by atoms with Crippen molar-refractivity contribution in [1.82, 2.24) is 5.32 Å². The molecule has 1 aliphatic heterocycles. The number of nitrogens with zero attached hydrogens (tertiary/aromatic N) is 1. The van der Waals surface area contributed by atoms with Crippen molar-refractivity contribution >= 4 is 17.3 Å². The molecule has 1 saturated heterocycles. The van der Waals surface area contributed by atoms with Gasteiger partial charge in [0.15, 0.2) is 0 Å². The summed E-state index contributed by atoms with van der Waals surface area (Å²) in [5, 5.41) is 4.24. The molecule has 0 bridgehead atoms. The standard InChI is InChI=1S/C16H25ClN2O2/c1-4-6-12-11-19(8-5-7-18-12)14-9-13(17)15(20-2)10-16(14)21-3/h9-10,12,18H,4-8,11H2,1-3H3. The summed E-state index contributed by atoms with van der Waals surface area (Å²) < 4.78 is 10.8. The summed E-state index contributed by atoms with van der Waals surface area (Å²) in [5.41, 5.74) is 1.05. The first-order valence-corrected chi connectivity index (χ1v) is 7.97. The van der Waals surface area contributed by atoms with Crippen LogP contribution in [0.15, 0.2) is 12.1 Å². The van der Waals surface area contributed by atoms with E-state index in [4.69, 9.17) is 21.1 Å². The number of nitrogens with one attached hydrogen (secondary N) is 1. The van der Waals surface area contributed by atoms with Crippen LogP contribution in [0.1, 0.15) is 26.2 Å². The van der Waals surface area contributed by atoms with Gasteiger partial charge >= 0.3 is 0 Å². The predicted octanol–water partition coefficient (Wildman–Crippen LogP) is 3.33. The molecule has 4 nitrogen and oxygen atoms in total. The van der Waals surface area contributed by atoms with E-state index in [1.807, 2.05) is 12.1 Å². The Morgan fingerprint density at radius 3 is 2.71 bits per heavy atom. The van der Waals surface area contributed by atoms with Gasteiger partial charge in [-0.25, -0.2) is 0 Å².